The van der Waals surface area contributed by atoms with Crippen molar-refractivity contribution in [2.24, 2.45) is 5.92 Å². The van der Waals surface area contributed by atoms with E-state index in [2.05, 4.69) is 39.9 Å². The van der Waals surface area contributed by atoms with Crippen LogP contribution in [0.3, 0.4) is 0 Å². The van der Waals surface area contributed by atoms with Gasteiger partial charge in [0.2, 0.25) is 0 Å². The van der Waals surface area contributed by atoms with Crippen LogP contribution in [0.5, 0.6) is 0 Å². The summed E-state index contributed by atoms with van der Waals surface area (Å²) >= 11 is 0. The second-order valence-electron chi connectivity index (χ2n) is 5.74. The summed E-state index contributed by atoms with van der Waals surface area (Å²) in [5, 5.41) is 3.22. The number of rotatable bonds is 7. The van der Waals surface area contributed by atoms with E-state index in [9.17, 15) is 0 Å². The molecule has 4 heteroatoms. The molecule has 2 unspecified atom stereocenters. The molecule has 20 heavy (non-hydrogen) atoms. The second kappa shape index (κ2) is 7.70. The minimum atomic E-state index is -0.0222. The first kappa shape index (κ1) is 17.1. The number of aromatic nitrogens is 2. The molecule has 0 aromatic carbocycles. The Morgan fingerprint density at radius 3 is 2.05 bits per heavy atom. The van der Waals surface area contributed by atoms with Crippen LogP contribution in [-0.4, -0.2) is 30.2 Å². The van der Waals surface area contributed by atoms with Crippen molar-refractivity contribution in [1.29, 1.82) is 0 Å². The lowest BCUT2D eigenvalue weighted by molar-refractivity contribution is 0.0229. The fourth-order valence-corrected chi connectivity index (χ4v) is 2.74. The van der Waals surface area contributed by atoms with Crippen molar-refractivity contribution in [3.05, 3.63) is 22.8 Å². The summed E-state index contributed by atoms with van der Waals surface area (Å²) in [7, 11) is 1.97. The Morgan fingerprint density at radius 1 is 1.10 bits per heavy atom. The molecule has 0 amide bonds. The summed E-state index contributed by atoms with van der Waals surface area (Å²) in [5.41, 5.74) is 3.39. The molecule has 0 radical (unpaired) electrons. The van der Waals surface area contributed by atoms with Gasteiger partial charge in [-0.25, -0.2) is 9.97 Å². The lowest BCUT2D eigenvalue weighted by atomic mass is 9.97. The van der Waals surface area contributed by atoms with Crippen LogP contribution >= 0.6 is 0 Å². The maximum Gasteiger partial charge on any atom is 0.157 e. The molecule has 0 fully saturated rings. The summed E-state index contributed by atoms with van der Waals surface area (Å²) in [6.45, 7) is 14.3. The molecule has 0 aliphatic carbocycles. The third-order valence-electron chi connectivity index (χ3n) is 3.55. The topological polar surface area (TPSA) is 47.0 Å². The van der Waals surface area contributed by atoms with E-state index < -0.39 is 0 Å². The number of ether oxygens (including phenoxy) is 1. The molecule has 1 N–H and O–H groups in total. The second-order valence-corrected chi connectivity index (χ2v) is 5.74. The average molecular weight is 279 g/mol. The summed E-state index contributed by atoms with van der Waals surface area (Å²) in [4.78, 5) is 9.43. The number of aryl methyl sites for hydroxylation is 2. The Morgan fingerprint density at radius 2 is 1.65 bits per heavy atom. The summed E-state index contributed by atoms with van der Waals surface area (Å²) in [6, 6.07) is 0. The molecular weight excluding hydrogens is 250 g/mol. The number of hydrogen-bond donors (Lipinski definition) is 1. The van der Waals surface area contributed by atoms with Gasteiger partial charge in [0, 0.05) is 24.5 Å². The average Bonchev–Trinajstić information content (AvgIpc) is 2.34. The SMILES string of the molecule is CCOC(c1nc(C)c(C(C)CNC)c(C)n1)C(C)C. The third kappa shape index (κ3) is 4.00. The molecular formula is C16H29N3O. The zero-order valence-electron chi connectivity index (χ0n) is 13.9. The van der Waals surface area contributed by atoms with Gasteiger partial charge in [0.05, 0.1) is 0 Å². The Kier molecular flexibility index (Phi) is 6.56. The standard InChI is InChI=1S/C16H29N3O/c1-8-20-15(10(2)3)16-18-12(5)14(13(6)19-16)11(4)9-17-7/h10-11,15,17H,8-9H2,1-7H3. The Bertz CT molecular complexity index is 409. The van der Waals surface area contributed by atoms with Crippen LogP contribution in [0.2, 0.25) is 0 Å². The van der Waals surface area contributed by atoms with Gasteiger partial charge in [0.15, 0.2) is 5.82 Å². The Hall–Kier alpha value is -1.00. The molecule has 2 atom stereocenters. The molecule has 0 aliphatic heterocycles. The van der Waals surface area contributed by atoms with E-state index >= 15 is 0 Å². The van der Waals surface area contributed by atoms with Crippen molar-refractivity contribution in [2.45, 2.75) is 53.6 Å². The molecule has 1 aromatic heterocycles. The van der Waals surface area contributed by atoms with Crippen LogP contribution in [0.4, 0.5) is 0 Å². The highest BCUT2D eigenvalue weighted by Gasteiger charge is 2.22. The Balaban J connectivity index is 3.14. The van der Waals surface area contributed by atoms with Crippen LogP contribution in [0.15, 0.2) is 0 Å². The lowest BCUT2D eigenvalue weighted by Crippen LogP contribution is -2.20. The number of hydrogen-bond acceptors (Lipinski definition) is 4. The first-order chi connectivity index (χ1) is 9.42. The molecule has 1 aromatic rings. The van der Waals surface area contributed by atoms with Crippen molar-refractivity contribution < 1.29 is 4.74 Å². The van der Waals surface area contributed by atoms with Gasteiger partial charge in [-0.05, 0) is 45.2 Å². The minimum absolute atomic E-state index is 0.0222. The normalized spacial score (nSPS) is 14.6. The van der Waals surface area contributed by atoms with Gasteiger partial charge in [-0.15, -0.1) is 0 Å². The van der Waals surface area contributed by atoms with E-state index in [-0.39, 0.29) is 6.10 Å². The predicted octanol–water partition coefficient (Wildman–Crippen LogP) is 3.15. The molecule has 0 spiro atoms. The summed E-state index contributed by atoms with van der Waals surface area (Å²) in [5.74, 6) is 1.60. The van der Waals surface area contributed by atoms with E-state index in [1.165, 1.54) is 5.56 Å². The fraction of sp³-hybridized carbons (Fsp3) is 0.750. The smallest absolute Gasteiger partial charge is 0.157 e. The van der Waals surface area contributed by atoms with Crippen LogP contribution in [-0.2, 0) is 4.74 Å². The minimum Gasteiger partial charge on any atom is -0.370 e. The van der Waals surface area contributed by atoms with Crippen molar-refractivity contribution >= 4 is 0 Å². The first-order valence-electron chi connectivity index (χ1n) is 7.53. The van der Waals surface area contributed by atoms with Crippen molar-refractivity contribution in [3.63, 3.8) is 0 Å². The van der Waals surface area contributed by atoms with Gasteiger partial charge < -0.3 is 10.1 Å². The maximum atomic E-state index is 5.81. The van der Waals surface area contributed by atoms with Gasteiger partial charge >= 0.3 is 0 Å². The van der Waals surface area contributed by atoms with Gasteiger partial charge in [-0.2, -0.15) is 0 Å². The largest absolute Gasteiger partial charge is 0.370 e. The van der Waals surface area contributed by atoms with Crippen LogP contribution < -0.4 is 5.32 Å². The number of likely N-dealkylation sites (N-methyl/N-ethyl adjacent to an activating group) is 1. The van der Waals surface area contributed by atoms with Crippen LogP contribution in [0.1, 0.15) is 62.5 Å². The lowest BCUT2D eigenvalue weighted by Gasteiger charge is -2.22. The quantitative estimate of drug-likeness (QED) is 0.833. The summed E-state index contributed by atoms with van der Waals surface area (Å²) < 4.78 is 5.81. The highest BCUT2D eigenvalue weighted by atomic mass is 16.5. The van der Waals surface area contributed by atoms with Crippen LogP contribution in [0.25, 0.3) is 0 Å². The van der Waals surface area contributed by atoms with Crippen LogP contribution in [0, 0.1) is 19.8 Å². The van der Waals surface area contributed by atoms with E-state index in [1.807, 2.05) is 14.0 Å². The van der Waals surface area contributed by atoms with Gasteiger partial charge in [0.25, 0.3) is 0 Å². The number of nitrogens with one attached hydrogen (secondary N) is 1. The van der Waals surface area contributed by atoms with E-state index in [4.69, 9.17) is 14.7 Å². The molecule has 4 nitrogen and oxygen atoms in total. The monoisotopic (exact) mass is 279 g/mol. The molecule has 114 valence electrons. The molecule has 1 heterocycles. The van der Waals surface area contributed by atoms with Gasteiger partial charge in [-0.1, -0.05) is 20.8 Å². The number of nitrogens with zero attached hydrogens (tertiary/aromatic N) is 2. The van der Waals surface area contributed by atoms with E-state index in [0.717, 1.165) is 23.8 Å². The maximum absolute atomic E-state index is 5.81. The van der Waals surface area contributed by atoms with E-state index in [1.54, 1.807) is 0 Å². The predicted molar refractivity (Wildman–Crippen MR) is 83.1 cm³/mol. The molecule has 0 saturated carbocycles. The summed E-state index contributed by atoms with van der Waals surface area (Å²) in [6.07, 6.45) is -0.0222. The molecule has 1 rings (SSSR count). The fourth-order valence-electron chi connectivity index (χ4n) is 2.74. The first-order valence-corrected chi connectivity index (χ1v) is 7.53. The highest BCUT2D eigenvalue weighted by molar-refractivity contribution is 5.28. The van der Waals surface area contributed by atoms with Crippen molar-refractivity contribution in [2.75, 3.05) is 20.2 Å². The zero-order valence-corrected chi connectivity index (χ0v) is 13.9. The van der Waals surface area contributed by atoms with Gasteiger partial charge in [-0.3, -0.25) is 0 Å². The van der Waals surface area contributed by atoms with E-state index in [0.29, 0.717) is 18.4 Å². The molecule has 0 bridgehead atoms. The van der Waals surface area contributed by atoms with Crippen molar-refractivity contribution in [3.8, 4) is 0 Å². The van der Waals surface area contributed by atoms with Gasteiger partial charge in [0.1, 0.15) is 6.10 Å². The third-order valence-corrected chi connectivity index (χ3v) is 3.55. The highest BCUT2D eigenvalue weighted by Crippen LogP contribution is 2.27. The zero-order chi connectivity index (χ0) is 15.3. The Labute approximate surface area is 123 Å². The molecule has 0 aliphatic rings. The van der Waals surface area contributed by atoms with Crippen molar-refractivity contribution in [1.82, 2.24) is 15.3 Å². The molecule has 0 saturated heterocycles.